The average Bonchev–Trinajstić information content (AvgIpc) is 2.29. The summed E-state index contributed by atoms with van der Waals surface area (Å²) in [4.78, 5) is 24.9. The van der Waals surface area contributed by atoms with Crippen LogP contribution in [-0.2, 0) is 4.79 Å². The van der Waals surface area contributed by atoms with Crippen molar-refractivity contribution < 1.29 is 9.59 Å². The van der Waals surface area contributed by atoms with Crippen LogP contribution in [0, 0.1) is 11.8 Å². The van der Waals surface area contributed by atoms with Crippen LogP contribution in [0.4, 0.5) is 0 Å². The molecule has 0 radical (unpaired) electrons. The predicted molar refractivity (Wildman–Crippen MR) is 59.8 cm³/mol. The zero-order valence-electron chi connectivity index (χ0n) is 8.99. The fourth-order valence-corrected chi connectivity index (χ4v) is 1.00. The summed E-state index contributed by atoms with van der Waals surface area (Å²) in [5.41, 5.74) is 1.15. The molecule has 1 N–H and O–H groups in total. The summed E-state index contributed by atoms with van der Waals surface area (Å²) in [5, 5.41) is 2.64. The van der Waals surface area contributed by atoms with E-state index in [1.807, 2.05) is 0 Å². The van der Waals surface area contributed by atoms with E-state index in [4.69, 9.17) is 0 Å². The van der Waals surface area contributed by atoms with Crippen molar-refractivity contribution in [2.45, 2.75) is 13.3 Å². The van der Waals surface area contributed by atoms with Crippen molar-refractivity contribution in [1.29, 1.82) is 0 Å². The highest BCUT2D eigenvalue weighted by Crippen LogP contribution is 1.95. The van der Waals surface area contributed by atoms with Crippen molar-refractivity contribution in [1.82, 2.24) is 10.3 Å². The normalized spacial score (nSPS) is 8.81. The molecule has 4 nitrogen and oxygen atoms in total. The molecular weight excluding hydrogens is 204 g/mol. The Kier molecular flexibility index (Phi) is 4.74. The number of hydrogen-bond donors (Lipinski definition) is 1. The van der Waals surface area contributed by atoms with E-state index in [0.29, 0.717) is 24.2 Å². The molecule has 0 unspecified atom stereocenters. The van der Waals surface area contributed by atoms with Crippen LogP contribution in [0.25, 0.3) is 0 Å². The summed E-state index contributed by atoms with van der Waals surface area (Å²) in [6.45, 7) is 2.00. The Bertz CT molecular complexity index is 427. The molecule has 0 saturated carbocycles. The van der Waals surface area contributed by atoms with Gasteiger partial charge >= 0.3 is 0 Å². The van der Waals surface area contributed by atoms with E-state index in [1.165, 1.54) is 13.1 Å². The van der Waals surface area contributed by atoms with Crippen molar-refractivity contribution in [2.75, 3.05) is 6.54 Å². The summed E-state index contributed by atoms with van der Waals surface area (Å²) >= 11 is 0. The zero-order valence-corrected chi connectivity index (χ0v) is 8.99. The fraction of sp³-hybridized carbons (Fsp3) is 0.250. The first-order valence-corrected chi connectivity index (χ1v) is 4.87. The van der Waals surface area contributed by atoms with Crippen molar-refractivity contribution in [3.63, 3.8) is 0 Å². The minimum atomic E-state index is -0.0599. The molecule has 1 amide bonds. The molecule has 0 spiro atoms. The van der Waals surface area contributed by atoms with E-state index >= 15 is 0 Å². The molecule has 0 aromatic carbocycles. The van der Waals surface area contributed by atoms with Crippen LogP contribution in [0.2, 0.25) is 0 Å². The Morgan fingerprint density at radius 1 is 1.56 bits per heavy atom. The van der Waals surface area contributed by atoms with Crippen LogP contribution < -0.4 is 5.32 Å². The van der Waals surface area contributed by atoms with Crippen molar-refractivity contribution in [3.8, 4) is 11.8 Å². The number of pyridine rings is 1. The lowest BCUT2D eigenvalue weighted by molar-refractivity contribution is -0.118. The molecule has 1 rings (SSSR count). The van der Waals surface area contributed by atoms with Crippen LogP contribution in [0.15, 0.2) is 18.3 Å². The maximum atomic E-state index is 10.5. The minimum Gasteiger partial charge on any atom is -0.355 e. The molecule has 0 fully saturated rings. The molecule has 0 aliphatic rings. The first kappa shape index (κ1) is 11.9. The van der Waals surface area contributed by atoms with Gasteiger partial charge in [0.15, 0.2) is 6.29 Å². The number of aromatic nitrogens is 1. The van der Waals surface area contributed by atoms with Crippen LogP contribution in [0.3, 0.4) is 0 Å². The van der Waals surface area contributed by atoms with E-state index in [0.717, 1.165) is 6.29 Å². The molecule has 0 bridgehead atoms. The monoisotopic (exact) mass is 216 g/mol. The van der Waals surface area contributed by atoms with Gasteiger partial charge in [-0.05, 0) is 18.1 Å². The summed E-state index contributed by atoms with van der Waals surface area (Å²) in [6.07, 6.45) is 2.79. The number of nitrogens with zero attached hydrogens (tertiary/aromatic N) is 1. The SMILES string of the molecule is CC(=O)NCCC#Cc1ccc(C=O)cn1. The second kappa shape index (κ2) is 6.36. The Labute approximate surface area is 94.1 Å². The van der Waals surface area contributed by atoms with E-state index < -0.39 is 0 Å². The number of rotatable bonds is 3. The average molecular weight is 216 g/mol. The van der Waals surface area contributed by atoms with Crippen molar-refractivity contribution >= 4 is 12.2 Å². The molecule has 1 aromatic rings. The van der Waals surface area contributed by atoms with Gasteiger partial charge in [-0.2, -0.15) is 0 Å². The van der Waals surface area contributed by atoms with Crippen LogP contribution in [0.5, 0.6) is 0 Å². The Morgan fingerprint density at radius 2 is 2.38 bits per heavy atom. The van der Waals surface area contributed by atoms with E-state index in [1.54, 1.807) is 12.1 Å². The largest absolute Gasteiger partial charge is 0.355 e. The lowest BCUT2D eigenvalue weighted by Gasteiger charge is -1.94. The molecule has 1 aromatic heterocycles. The molecule has 1 heterocycles. The molecular formula is C12H12N2O2. The number of nitrogens with one attached hydrogen (secondary N) is 1. The number of hydrogen-bond acceptors (Lipinski definition) is 3. The standard InChI is InChI=1S/C12H12N2O2/c1-10(16)13-7-3-2-4-12-6-5-11(9-15)8-14-12/h5-6,8-9H,3,7H2,1H3,(H,13,16). The number of carbonyl (C=O) groups excluding carboxylic acids is 2. The Hall–Kier alpha value is -2.15. The third-order valence-corrected chi connectivity index (χ3v) is 1.76. The highest BCUT2D eigenvalue weighted by molar-refractivity contribution is 5.74. The number of carbonyl (C=O) groups is 2. The third-order valence-electron chi connectivity index (χ3n) is 1.76. The zero-order chi connectivity index (χ0) is 11.8. The van der Waals surface area contributed by atoms with Gasteiger partial charge in [0.25, 0.3) is 0 Å². The van der Waals surface area contributed by atoms with Crippen LogP contribution in [0.1, 0.15) is 29.4 Å². The summed E-state index contributed by atoms with van der Waals surface area (Å²) in [7, 11) is 0. The highest BCUT2D eigenvalue weighted by atomic mass is 16.1. The smallest absolute Gasteiger partial charge is 0.216 e. The molecule has 16 heavy (non-hydrogen) atoms. The molecule has 4 heteroatoms. The van der Waals surface area contributed by atoms with Crippen LogP contribution in [-0.4, -0.2) is 23.7 Å². The Morgan fingerprint density at radius 3 is 2.94 bits per heavy atom. The van der Waals surface area contributed by atoms with Gasteiger partial charge < -0.3 is 5.32 Å². The molecule has 0 aliphatic carbocycles. The van der Waals surface area contributed by atoms with Gasteiger partial charge in [0, 0.05) is 31.6 Å². The van der Waals surface area contributed by atoms with Gasteiger partial charge in [-0.1, -0.05) is 5.92 Å². The fourth-order valence-electron chi connectivity index (χ4n) is 1.00. The van der Waals surface area contributed by atoms with Gasteiger partial charge in [-0.25, -0.2) is 4.98 Å². The molecule has 0 saturated heterocycles. The van der Waals surface area contributed by atoms with E-state index in [2.05, 4.69) is 22.1 Å². The molecule has 0 aliphatic heterocycles. The van der Waals surface area contributed by atoms with Gasteiger partial charge in [0.2, 0.25) is 5.91 Å². The number of amides is 1. The van der Waals surface area contributed by atoms with E-state index in [-0.39, 0.29) is 5.91 Å². The quantitative estimate of drug-likeness (QED) is 0.461. The summed E-state index contributed by atoms with van der Waals surface area (Å²) in [6, 6.07) is 3.35. The first-order chi connectivity index (χ1) is 7.72. The lowest BCUT2D eigenvalue weighted by atomic mass is 10.2. The second-order valence-electron chi connectivity index (χ2n) is 3.13. The maximum Gasteiger partial charge on any atom is 0.216 e. The van der Waals surface area contributed by atoms with Gasteiger partial charge in [0.05, 0.1) is 0 Å². The predicted octanol–water partition coefficient (Wildman–Crippen LogP) is 0.772. The van der Waals surface area contributed by atoms with E-state index in [9.17, 15) is 9.59 Å². The topological polar surface area (TPSA) is 59.1 Å². The lowest BCUT2D eigenvalue weighted by Crippen LogP contribution is -2.20. The maximum absolute atomic E-state index is 10.5. The van der Waals surface area contributed by atoms with Gasteiger partial charge in [0.1, 0.15) is 5.69 Å². The second-order valence-corrected chi connectivity index (χ2v) is 3.13. The Balaban J connectivity index is 2.43. The van der Waals surface area contributed by atoms with Crippen molar-refractivity contribution in [2.24, 2.45) is 0 Å². The first-order valence-electron chi connectivity index (χ1n) is 4.87. The summed E-state index contributed by atoms with van der Waals surface area (Å²) in [5.74, 6) is 5.66. The van der Waals surface area contributed by atoms with Crippen LogP contribution >= 0.6 is 0 Å². The van der Waals surface area contributed by atoms with Gasteiger partial charge in [-0.15, -0.1) is 0 Å². The molecule has 82 valence electrons. The number of aldehydes is 1. The summed E-state index contributed by atoms with van der Waals surface area (Å²) < 4.78 is 0. The van der Waals surface area contributed by atoms with Crippen molar-refractivity contribution in [3.05, 3.63) is 29.6 Å². The molecule has 0 atom stereocenters. The highest BCUT2D eigenvalue weighted by Gasteiger charge is 1.90. The van der Waals surface area contributed by atoms with Gasteiger partial charge in [-0.3, -0.25) is 9.59 Å². The minimum absolute atomic E-state index is 0.0599. The third kappa shape index (κ3) is 4.38.